The number of rotatable bonds is 7. The SMILES string of the molecule is CCc1ccc(CCN(C)CC(N)CO)cc1. The zero-order valence-corrected chi connectivity index (χ0v) is 10.9. The molecule has 1 unspecified atom stereocenters. The first-order valence-electron chi connectivity index (χ1n) is 6.28. The van der Waals surface area contributed by atoms with Crippen LogP contribution in [-0.2, 0) is 12.8 Å². The lowest BCUT2D eigenvalue weighted by Crippen LogP contribution is -2.38. The van der Waals surface area contributed by atoms with Gasteiger partial charge in [0.05, 0.1) is 6.61 Å². The van der Waals surface area contributed by atoms with E-state index in [0.717, 1.165) is 25.9 Å². The summed E-state index contributed by atoms with van der Waals surface area (Å²) >= 11 is 0. The Morgan fingerprint density at radius 2 is 1.82 bits per heavy atom. The zero-order chi connectivity index (χ0) is 12.7. The van der Waals surface area contributed by atoms with E-state index in [9.17, 15) is 0 Å². The Kier molecular flexibility index (Phi) is 6.19. The highest BCUT2D eigenvalue weighted by molar-refractivity contribution is 5.22. The van der Waals surface area contributed by atoms with Crippen LogP contribution in [0.4, 0.5) is 0 Å². The van der Waals surface area contributed by atoms with Gasteiger partial charge in [0.15, 0.2) is 0 Å². The summed E-state index contributed by atoms with van der Waals surface area (Å²) in [5, 5.41) is 8.87. The lowest BCUT2D eigenvalue weighted by atomic mass is 10.1. The fourth-order valence-corrected chi connectivity index (χ4v) is 1.81. The van der Waals surface area contributed by atoms with Crippen molar-refractivity contribution in [1.29, 1.82) is 0 Å². The van der Waals surface area contributed by atoms with Crippen molar-refractivity contribution >= 4 is 0 Å². The number of benzene rings is 1. The highest BCUT2D eigenvalue weighted by Gasteiger charge is 2.05. The number of aliphatic hydroxyl groups is 1. The van der Waals surface area contributed by atoms with Gasteiger partial charge in [0, 0.05) is 19.1 Å². The fourth-order valence-electron chi connectivity index (χ4n) is 1.81. The van der Waals surface area contributed by atoms with E-state index in [-0.39, 0.29) is 12.6 Å². The Bertz CT molecular complexity index is 311. The van der Waals surface area contributed by atoms with E-state index in [4.69, 9.17) is 10.8 Å². The topological polar surface area (TPSA) is 49.5 Å². The molecular weight excluding hydrogens is 212 g/mol. The van der Waals surface area contributed by atoms with Crippen molar-refractivity contribution in [3.05, 3.63) is 35.4 Å². The molecule has 0 heterocycles. The number of hydrogen-bond donors (Lipinski definition) is 2. The Hall–Kier alpha value is -0.900. The van der Waals surface area contributed by atoms with Crippen LogP contribution in [0.15, 0.2) is 24.3 Å². The highest BCUT2D eigenvalue weighted by atomic mass is 16.3. The van der Waals surface area contributed by atoms with E-state index >= 15 is 0 Å². The van der Waals surface area contributed by atoms with Crippen molar-refractivity contribution in [2.24, 2.45) is 5.73 Å². The Morgan fingerprint density at radius 3 is 2.35 bits per heavy atom. The molecule has 3 nitrogen and oxygen atoms in total. The quantitative estimate of drug-likeness (QED) is 0.744. The Labute approximate surface area is 104 Å². The predicted molar refractivity (Wildman–Crippen MR) is 72.1 cm³/mol. The van der Waals surface area contributed by atoms with Crippen molar-refractivity contribution < 1.29 is 5.11 Å². The van der Waals surface area contributed by atoms with Gasteiger partial charge in [-0.1, -0.05) is 31.2 Å². The van der Waals surface area contributed by atoms with E-state index < -0.39 is 0 Å². The number of aryl methyl sites for hydroxylation is 1. The van der Waals surface area contributed by atoms with E-state index in [1.807, 2.05) is 7.05 Å². The van der Waals surface area contributed by atoms with Crippen LogP contribution in [0.2, 0.25) is 0 Å². The van der Waals surface area contributed by atoms with Crippen LogP contribution in [0, 0.1) is 0 Å². The first-order chi connectivity index (χ1) is 8.15. The van der Waals surface area contributed by atoms with Crippen LogP contribution in [0.25, 0.3) is 0 Å². The molecule has 0 fully saturated rings. The molecule has 1 aromatic carbocycles. The smallest absolute Gasteiger partial charge is 0.0595 e. The van der Waals surface area contributed by atoms with Gasteiger partial charge in [-0.15, -0.1) is 0 Å². The molecule has 1 rings (SSSR count). The molecule has 1 aromatic rings. The van der Waals surface area contributed by atoms with Crippen LogP contribution in [0.1, 0.15) is 18.1 Å². The minimum Gasteiger partial charge on any atom is -0.395 e. The highest BCUT2D eigenvalue weighted by Crippen LogP contribution is 2.06. The van der Waals surface area contributed by atoms with Gasteiger partial charge in [0.1, 0.15) is 0 Å². The number of hydrogen-bond acceptors (Lipinski definition) is 3. The maximum absolute atomic E-state index is 8.87. The van der Waals surface area contributed by atoms with Crippen LogP contribution in [0.3, 0.4) is 0 Å². The number of likely N-dealkylation sites (N-methyl/N-ethyl adjacent to an activating group) is 1. The van der Waals surface area contributed by atoms with Crippen LogP contribution >= 0.6 is 0 Å². The number of nitrogens with zero attached hydrogens (tertiary/aromatic N) is 1. The second-order valence-electron chi connectivity index (χ2n) is 4.62. The maximum Gasteiger partial charge on any atom is 0.0595 e. The lowest BCUT2D eigenvalue weighted by molar-refractivity contribution is 0.223. The lowest BCUT2D eigenvalue weighted by Gasteiger charge is -2.19. The van der Waals surface area contributed by atoms with Crippen molar-refractivity contribution in [2.45, 2.75) is 25.8 Å². The minimum atomic E-state index is -0.137. The monoisotopic (exact) mass is 236 g/mol. The second-order valence-corrected chi connectivity index (χ2v) is 4.62. The molecule has 0 aliphatic rings. The molecular formula is C14H24N2O. The number of aliphatic hydroxyl groups excluding tert-OH is 1. The van der Waals surface area contributed by atoms with E-state index in [1.54, 1.807) is 0 Å². The summed E-state index contributed by atoms with van der Waals surface area (Å²) < 4.78 is 0. The fraction of sp³-hybridized carbons (Fsp3) is 0.571. The van der Waals surface area contributed by atoms with Crippen LogP contribution in [-0.4, -0.2) is 42.8 Å². The molecule has 17 heavy (non-hydrogen) atoms. The summed E-state index contributed by atoms with van der Waals surface area (Å²) in [5.41, 5.74) is 8.42. The molecule has 0 radical (unpaired) electrons. The van der Waals surface area contributed by atoms with Gasteiger partial charge in [0.25, 0.3) is 0 Å². The van der Waals surface area contributed by atoms with Crippen LogP contribution < -0.4 is 5.73 Å². The Balaban J connectivity index is 2.34. The zero-order valence-electron chi connectivity index (χ0n) is 10.9. The molecule has 3 N–H and O–H groups in total. The third kappa shape index (κ3) is 5.31. The minimum absolute atomic E-state index is 0.0511. The predicted octanol–water partition coefficient (Wildman–Crippen LogP) is 1.04. The first-order valence-corrected chi connectivity index (χ1v) is 6.28. The molecule has 96 valence electrons. The molecule has 0 saturated heterocycles. The van der Waals surface area contributed by atoms with Gasteiger partial charge in [-0.25, -0.2) is 0 Å². The molecule has 0 amide bonds. The largest absolute Gasteiger partial charge is 0.395 e. The summed E-state index contributed by atoms with van der Waals surface area (Å²) in [4.78, 5) is 2.16. The van der Waals surface area contributed by atoms with Gasteiger partial charge in [0.2, 0.25) is 0 Å². The van der Waals surface area contributed by atoms with Crippen molar-refractivity contribution in [3.63, 3.8) is 0 Å². The van der Waals surface area contributed by atoms with Crippen molar-refractivity contribution in [1.82, 2.24) is 4.90 Å². The molecule has 0 spiro atoms. The van der Waals surface area contributed by atoms with Gasteiger partial charge in [-0.3, -0.25) is 0 Å². The summed E-state index contributed by atoms with van der Waals surface area (Å²) in [7, 11) is 2.04. The van der Waals surface area contributed by atoms with E-state index in [2.05, 4.69) is 36.1 Å². The summed E-state index contributed by atoms with van der Waals surface area (Å²) in [6.07, 6.45) is 2.12. The maximum atomic E-state index is 8.87. The Morgan fingerprint density at radius 1 is 1.24 bits per heavy atom. The molecule has 0 bridgehead atoms. The summed E-state index contributed by atoms with van der Waals surface area (Å²) in [5.74, 6) is 0. The summed E-state index contributed by atoms with van der Waals surface area (Å²) in [6, 6.07) is 8.63. The van der Waals surface area contributed by atoms with Crippen molar-refractivity contribution in [2.75, 3.05) is 26.7 Å². The average molecular weight is 236 g/mol. The molecule has 3 heteroatoms. The molecule has 1 atom stereocenters. The second kappa shape index (κ2) is 7.43. The normalized spacial score (nSPS) is 13.0. The van der Waals surface area contributed by atoms with E-state index in [0.29, 0.717) is 0 Å². The molecule has 0 aliphatic carbocycles. The van der Waals surface area contributed by atoms with Gasteiger partial charge < -0.3 is 15.7 Å². The molecule has 0 aromatic heterocycles. The first kappa shape index (κ1) is 14.2. The van der Waals surface area contributed by atoms with Gasteiger partial charge in [-0.05, 0) is 31.0 Å². The third-order valence-corrected chi connectivity index (χ3v) is 2.99. The number of nitrogens with two attached hydrogens (primary N) is 1. The van der Waals surface area contributed by atoms with Gasteiger partial charge in [-0.2, -0.15) is 0 Å². The molecule has 0 saturated carbocycles. The average Bonchev–Trinajstić information content (AvgIpc) is 2.36. The standard InChI is InChI=1S/C14H24N2O/c1-3-12-4-6-13(7-5-12)8-9-16(2)10-14(15)11-17/h4-7,14,17H,3,8-11,15H2,1-2H3. The molecule has 0 aliphatic heterocycles. The van der Waals surface area contributed by atoms with Crippen LogP contribution in [0.5, 0.6) is 0 Å². The third-order valence-electron chi connectivity index (χ3n) is 2.99. The van der Waals surface area contributed by atoms with Crippen molar-refractivity contribution in [3.8, 4) is 0 Å². The summed E-state index contributed by atoms with van der Waals surface area (Å²) in [6.45, 7) is 3.93. The van der Waals surface area contributed by atoms with E-state index in [1.165, 1.54) is 11.1 Å². The van der Waals surface area contributed by atoms with Gasteiger partial charge >= 0.3 is 0 Å².